The predicted octanol–water partition coefficient (Wildman–Crippen LogP) is 2.44. The molecule has 0 aliphatic carbocycles. The predicted molar refractivity (Wildman–Crippen MR) is 55.8 cm³/mol. The molecule has 0 unspecified atom stereocenters. The number of nitrogens with two attached hydrogens (primary N) is 1. The van der Waals surface area contributed by atoms with Crippen molar-refractivity contribution in [3.05, 3.63) is 31.8 Å². The van der Waals surface area contributed by atoms with Crippen LogP contribution in [0, 0.1) is 3.57 Å². The Hall–Kier alpha value is 0.350. The average molecular weight is 328 g/mol. The minimum atomic E-state index is 0.454. The van der Waals surface area contributed by atoms with Gasteiger partial charge in [-0.1, -0.05) is 15.9 Å². The monoisotopic (exact) mass is 327 g/mol. The van der Waals surface area contributed by atoms with Crippen LogP contribution in [-0.2, 0) is 11.4 Å². The molecule has 0 saturated heterocycles. The minimum Gasteiger partial charge on any atom is -0.300 e. The van der Waals surface area contributed by atoms with E-state index in [4.69, 9.17) is 5.90 Å². The van der Waals surface area contributed by atoms with Crippen LogP contribution >= 0.6 is 38.5 Å². The molecule has 4 heteroatoms. The molecule has 0 atom stereocenters. The minimum absolute atomic E-state index is 0.454. The zero-order valence-corrected chi connectivity index (χ0v) is 9.42. The Morgan fingerprint density at radius 2 is 2.18 bits per heavy atom. The third-order valence-electron chi connectivity index (χ3n) is 1.17. The summed E-state index contributed by atoms with van der Waals surface area (Å²) >= 11 is 5.63. The SMILES string of the molecule is NOCc1cc(Br)cc(I)c1. The average Bonchev–Trinajstić information content (AvgIpc) is 1.85. The van der Waals surface area contributed by atoms with E-state index in [1.165, 1.54) is 3.57 Å². The molecule has 60 valence electrons. The summed E-state index contributed by atoms with van der Waals surface area (Å²) in [6.45, 7) is 0.454. The van der Waals surface area contributed by atoms with Crippen molar-refractivity contribution >= 4 is 38.5 Å². The van der Waals surface area contributed by atoms with Crippen molar-refractivity contribution in [1.82, 2.24) is 0 Å². The normalized spacial score (nSPS) is 10.1. The number of hydrogen-bond donors (Lipinski definition) is 1. The van der Waals surface area contributed by atoms with Crippen LogP contribution in [0.5, 0.6) is 0 Å². The van der Waals surface area contributed by atoms with E-state index in [0.717, 1.165) is 10.0 Å². The lowest BCUT2D eigenvalue weighted by Gasteiger charge is -2.00. The molecule has 0 aromatic heterocycles. The van der Waals surface area contributed by atoms with Crippen LogP contribution in [0.2, 0.25) is 0 Å². The maximum Gasteiger partial charge on any atom is 0.0930 e. The molecule has 0 aliphatic rings. The first-order chi connectivity index (χ1) is 5.22. The summed E-state index contributed by atoms with van der Waals surface area (Å²) in [6.07, 6.45) is 0. The summed E-state index contributed by atoms with van der Waals surface area (Å²) in [7, 11) is 0. The van der Waals surface area contributed by atoms with Crippen LogP contribution in [0.3, 0.4) is 0 Å². The zero-order chi connectivity index (χ0) is 8.27. The topological polar surface area (TPSA) is 35.2 Å². The lowest BCUT2D eigenvalue weighted by atomic mass is 10.2. The van der Waals surface area contributed by atoms with Crippen molar-refractivity contribution in [2.45, 2.75) is 6.61 Å². The van der Waals surface area contributed by atoms with Gasteiger partial charge in [0.1, 0.15) is 0 Å². The van der Waals surface area contributed by atoms with E-state index in [1.807, 2.05) is 18.2 Å². The van der Waals surface area contributed by atoms with Gasteiger partial charge in [0.25, 0.3) is 0 Å². The van der Waals surface area contributed by atoms with E-state index in [0.29, 0.717) is 6.61 Å². The van der Waals surface area contributed by atoms with Crippen molar-refractivity contribution in [3.8, 4) is 0 Å². The Labute approximate surface area is 87.3 Å². The van der Waals surface area contributed by atoms with E-state index in [2.05, 4.69) is 43.4 Å². The van der Waals surface area contributed by atoms with Gasteiger partial charge in [-0.25, -0.2) is 5.90 Å². The van der Waals surface area contributed by atoms with Gasteiger partial charge in [-0.3, -0.25) is 4.84 Å². The smallest absolute Gasteiger partial charge is 0.0930 e. The third-order valence-corrected chi connectivity index (χ3v) is 2.25. The molecule has 0 aliphatic heterocycles. The second-order valence-electron chi connectivity index (χ2n) is 2.09. The van der Waals surface area contributed by atoms with Crippen molar-refractivity contribution < 1.29 is 4.84 Å². The quantitative estimate of drug-likeness (QED) is 0.669. The molecule has 0 saturated carbocycles. The van der Waals surface area contributed by atoms with E-state index in [-0.39, 0.29) is 0 Å². The zero-order valence-electron chi connectivity index (χ0n) is 5.68. The molecule has 0 amide bonds. The van der Waals surface area contributed by atoms with Crippen molar-refractivity contribution in [2.24, 2.45) is 5.90 Å². The Kier molecular flexibility index (Phi) is 3.77. The highest BCUT2D eigenvalue weighted by Crippen LogP contribution is 2.17. The number of rotatable bonds is 2. The van der Waals surface area contributed by atoms with Crippen molar-refractivity contribution in [3.63, 3.8) is 0 Å². The van der Waals surface area contributed by atoms with Crippen LogP contribution in [0.4, 0.5) is 0 Å². The third kappa shape index (κ3) is 3.06. The van der Waals surface area contributed by atoms with Gasteiger partial charge in [0.2, 0.25) is 0 Å². The standard InChI is InChI=1S/C7H7BrINO/c8-6-1-5(4-11-10)2-7(9)3-6/h1-3H,4,10H2. The van der Waals surface area contributed by atoms with Crippen LogP contribution < -0.4 is 5.90 Å². The van der Waals surface area contributed by atoms with Gasteiger partial charge in [-0.2, -0.15) is 0 Å². The molecule has 1 aromatic carbocycles. The van der Waals surface area contributed by atoms with Crippen molar-refractivity contribution in [1.29, 1.82) is 0 Å². The Morgan fingerprint density at radius 1 is 1.45 bits per heavy atom. The molecular formula is C7H7BrINO. The highest BCUT2D eigenvalue weighted by atomic mass is 127. The summed E-state index contributed by atoms with van der Waals surface area (Å²) in [5.74, 6) is 4.94. The van der Waals surface area contributed by atoms with Gasteiger partial charge in [-0.05, 0) is 46.4 Å². The van der Waals surface area contributed by atoms with Crippen LogP contribution in [0.25, 0.3) is 0 Å². The van der Waals surface area contributed by atoms with Crippen LogP contribution in [-0.4, -0.2) is 0 Å². The molecule has 2 nitrogen and oxygen atoms in total. The summed E-state index contributed by atoms with van der Waals surface area (Å²) < 4.78 is 2.22. The number of halogens is 2. The molecule has 11 heavy (non-hydrogen) atoms. The van der Waals surface area contributed by atoms with Gasteiger partial charge in [-0.15, -0.1) is 0 Å². The van der Waals surface area contributed by atoms with Gasteiger partial charge in [0.15, 0.2) is 0 Å². The fourth-order valence-electron chi connectivity index (χ4n) is 0.791. The summed E-state index contributed by atoms with van der Waals surface area (Å²) in [4.78, 5) is 4.51. The van der Waals surface area contributed by atoms with Crippen LogP contribution in [0.1, 0.15) is 5.56 Å². The van der Waals surface area contributed by atoms with Crippen molar-refractivity contribution in [2.75, 3.05) is 0 Å². The molecule has 2 N–H and O–H groups in total. The molecule has 0 bridgehead atoms. The van der Waals surface area contributed by atoms with Crippen LogP contribution in [0.15, 0.2) is 22.7 Å². The molecule has 0 spiro atoms. The summed E-state index contributed by atoms with van der Waals surface area (Å²) in [5, 5.41) is 0. The van der Waals surface area contributed by atoms with Gasteiger partial charge in [0, 0.05) is 8.04 Å². The van der Waals surface area contributed by atoms with E-state index >= 15 is 0 Å². The molecule has 1 rings (SSSR count). The fourth-order valence-corrected chi connectivity index (χ4v) is 2.49. The second kappa shape index (κ2) is 4.39. The first kappa shape index (κ1) is 9.44. The summed E-state index contributed by atoms with van der Waals surface area (Å²) in [5.41, 5.74) is 1.08. The van der Waals surface area contributed by atoms with E-state index in [9.17, 15) is 0 Å². The summed E-state index contributed by atoms with van der Waals surface area (Å²) in [6, 6.07) is 6.04. The second-order valence-corrected chi connectivity index (χ2v) is 4.25. The molecule has 0 heterocycles. The molecular weight excluding hydrogens is 321 g/mol. The Morgan fingerprint density at radius 3 is 2.73 bits per heavy atom. The first-order valence-corrected chi connectivity index (χ1v) is 4.86. The largest absolute Gasteiger partial charge is 0.300 e. The molecule has 0 fully saturated rings. The number of benzene rings is 1. The maximum absolute atomic E-state index is 4.94. The Bertz CT molecular complexity index is 234. The first-order valence-electron chi connectivity index (χ1n) is 2.99. The van der Waals surface area contributed by atoms with E-state index < -0.39 is 0 Å². The lowest BCUT2D eigenvalue weighted by molar-refractivity contribution is 0.124. The highest BCUT2D eigenvalue weighted by molar-refractivity contribution is 14.1. The Balaban J connectivity index is 2.89. The van der Waals surface area contributed by atoms with Gasteiger partial charge < -0.3 is 0 Å². The maximum atomic E-state index is 4.94. The molecule has 0 radical (unpaired) electrons. The lowest BCUT2D eigenvalue weighted by Crippen LogP contribution is -1.98. The van der Waals surface area contributed by atoms with E-state index in [1.54, 1.807) is 0 Å². The fraction of sp³-hybridized carbons (Fsp3) is 0.143. The highest BCUT2D eigenvalue weighted by Gasteiger charge is 1.96. The van der Waals surface area contributed by atoms with Gasteiger partial charge in [0.05, 0.1) is 6.61 Å². The number of hydrogen-bond acceptors (Lipinski definition) is 2. The molecule has 1 aromatic rings. The van der Waals surface area contributed by atoms with Gasteiger partial charge >= 0.3 is 0 Å².